The fourth-order valence-electron chi connectivity index (χ4n) is 3.99. The van der Waals surface area contributed by atoms with Crippen molar-refractivity contribution in [2.24, 2.45) is 7.05 Å². The summed E-state index contributed by atoms with van der Waals surface area (Å²) in [7, 11) is 1.60. The molecule has 4 rings (SSSR count). The lowest BCUT2D eigenvalue weighted by Crippen LogP contribution is -2.41. The van der Waals surface area contributed by atoms with E-state index < -0.39 is 5.82 Å². The second-order valence-corrected chi connectivity index (χ2v) is 7.25. The Balaban J connectivity index is 1.67. The number of aromatic hydroxyl groups is 1. The first-order chi connectivity index (χ1) is 13.5. The smallest absolute Gasteiger partial charge is 0.270 e. The van der Waals surface area contributed by atoms with Gasteiger partial charge in [-0.1, -0.05) is 30.3 Å². The summed E-state index contributed by atoms with van der Waals surface area (Å²) in [6.07, 6.45) is 1.47. The number of hydrogen-bond donors (Lipinski definition) is 1. The van der Waals surface area contributed by atoms with Crippen LogP contribution in [0.3, 0.4) is 0 Å². The molecule has 2 aromatic carbocycles. The quantitative estimate of drug-likeness (QED) is 0.741. The van der Waals surface area contributed by atoms with Gasteiger partial charge in [0, 0.05) is 31.4 Å². The summed E-state index contributed by atoms with van der Waals surface area (Å²) in [5, 5.41) is 11.0. The van der Waals surface area contributed by atoms with E-state index in [0.29, 0.717) is 29.7 Å². The van der Waals surface area contributed by atoms with E-state index in [2.05, 4.69) is 0 Å². The summed E-state index contributed by atoms with van der Waals surface area (Å²) in [6.45, 7) is 0.900. The van der Waals surface area contributed by atoms with E-state index in [1.54, 1.807) is 42.3 Å². The summed E-state index contributed by atoms with van der Waals surface area (Å²) < 4.78 is 15.7. The molecular formula is C22H21FN2O3. The summed E-state index contributed by atoms with van der Waals surface area (Å²) in [5.74, 6) is -1.43. The van der Waals surface area contributed by atoms with Crippen molar-refractivity contribution in [1.82, 2.24) is 9.47 Å². The Bertz CT molecular complexity index is 1120. The minimum absolute atomic E-state index is 0.192. The van der Waals surface area contributed by atoms with Crippen molar-refractivity contribution in [3.05, 3.63) is 76.0 Å². The van der Waals surface area contributed by atoms with Gasteiger partial charge in [0.1, 0.15) is 5.69 Å². The molecule has 1 saturated heterocycles. The van der Waals surface area contributed by atoms with Gasteiger partial charge in [0.2, 0.25) is 0 Å². The number of piperidine rings is 1. The molecule has 1 fully saturated rings. The highest BCUT2D eigenvalue weighted by molar-refractivity contribution is 5.96. The number of fused-ring (bicyclic) bond motifs is 1. The summed E-state index contributed by atoms with van der Waals surface area (Å²) in [5.41, 5.74) is 0.527. The van der Waals surface area contributed by atoms with Gasteiger partial charge in [-0.05, 0) is 42.0 Å². The molecule has 3 aromatic rings. The lowest BCUT2D eigenvalue weighted by atomic mass is 9.90. The largest absolute Gasteiger partial charge is 0.505 e. The van der Waals surface area contributed by atoms with Gasteiger partial charge in [0.15, 0.2) is 11.6 Å². The zero-order valence-electron chi connectivity index (χ0n) is 15.6. The Morgan fingerprint density at radius 2 is 1.96 bits per heavy atom. The van der Waals surface area contributed by atoms with E-state index in [0.717, 1.165) is 18.2 Å². The number of amides is 1. The number of halogens is 1. The maximum atomic E-state index is 14.3. The number of hydrogen-bond acceptors (Lipinski definition) is 3. The van der Waals surface area contributed by atoms with Gasteiger partial charge in [0.05, 0.1) is 0 Å². The van der Waals surface area contributed by atoms with E-state index in [1.165, 1.54) is 10.6 Å². The molecule has 5 nitrogen and oxygen atoms in total. The Morgan fingerprint density at radius 3 is 2.79 bits per heavy atom. The highest BCUT2D eigenvalue weighted by Crippen LogP contribution is 2.32. The summed E-state index contributed by atoms with van der Waals surface area (Å²) in [4.78, 5) is 27.5. The van der Waals surface area contributed by atoms with E-state index in [4.69, 9.17) is 0 Å². The Hall–Kier alpha value is -3.15. The first kappa shape index (κ1) is 18.2. The van der Waals surface area contributed by atoms with Crippen LogP contribution in [0.15, 0.2) is 53.3 Å². The second kappa shape index (κ2) is 7.11. The average Bonchev–Trinajstić information content (AvgIpc) is 2.72. The normalized spacial score (nSPS) is 17.1. The minimum Gasteiger partial charge on any atom is -0.505 e. The molecule has 0 bridgehead atoms. The maximum absolute atomic E-state index is 14.3. The SMILES string of the molecule is Cn1c(C(=O)N2CCCC(c3cccc(O)c3F)C2)cc2ccccc2c1=O. The molecule has 144 valence electrons. The van der Waals surface area contributed by atoms with Crippen LogP contribution in [0.25, 0.3) is 10.8 Å². The molecule has 6 heteroatoms. The Labute approximate surface area is 161 Å². The fraction of sp³-hybridized carbons (Fsp3) is 0.273. The lowest BCUT2D eigenvalue weighted by molar-refractivity contribution is 0.0695. The van der Waals surface area contributed by atoms with E-state index in [-0.39, 0.29) is 23.1 Å². The van der Waals surface area contributed by atoms with Crippen LogP contribution in [0.4, 0.5) is 4.39 Å². The molecule has 1 atom stereocenters. The van der Waals surface area contributed by atoms with Crippen molar-refractivity contribution >= 4 is 16.7 Å². The van der Waals surface area contributed by atoms with Crippen LogP contribution in [0.2, 0.25) is 0 Å². The van der Waals surface area contributed by atoms with E-state index in [1.807, 2.05) is 12.1 Å². The molecule has 1 N–H and O–H groups in total. The second-order valence-electron chi connectivity index (χ2n) is 7.25. The number of likely N-dealkylation sites (tertiary alicyclic amines) is 1. The van der Waals surface area contributed by atoms with Crippen molar-refractivity contribution in [3.63, 3.8) is 0 Å². The maximum Gasteiger partial charge on any atom is 0.270 e. The van der Waals surface area contributed by atoms with Crippen LogP contribution in [-0.2, 0) is 7.05 Å². The van der Waals surface area contributed by atoms with Crippen molar-refractivity contribution in [3.8, 4) is 5.75 Å². The van der Waals surface area contributed by atoms with Gasteiger partial charge in [-0.25, -0.2) is 4.39 Å². The van der Waals surface area contributed by atoms with Crippen molar-refractivity contribution in [2.45, 2.75) is 18.8 Å². The molecule has 1 amide bonds. The highest BCUT2D eigenvalue weighted by Gasteiger charge is 2.29. The third kappa shape index (κ3) is 3.05. The molecule has 1 aromatic heterocycles. The van der Waals surface area contributed by atoms with Crippen LogP contribution in [0, 0.1) is 5.82 Å². The van der Waals surface area contributed by atoms with Gasteiger partial charge >= 0.3 is 0 Å². The Kier molecular flexibility index (Phi) is 4.63. The van der Waals surface area contributed by atoms with Crippen LogP contribution in [0.5, 0.6) is 5.75 Å². The monoisotopic (exact) mass is 380 g/mol. The number of carbonyl (C=O) groups excluding carboxylic acids is 1. The molecular weight excluding hydrogens is 359 g/mol. The molecule has 2 heterocycles. The molecule has 0 aliphatic carbocycles. The highest BCUT2D eigenvalue weighted by atomic mass is 19.1. The predicted octanol–water partition coefficient (Wildman–Crippen LogP) is 3.40. The number of benzene rings is 2. The molecule has 0 spiro atoms. The number of phenolic OH excluding ortho intramolecular Hbond substituents is 1. The zero-order valence-corrected chi connectivity index (χ0v) is 15.6. The zero-order chi connectivity index (χ0) is 19.8. The number of carbonyl (C=O) groups is 1. The van der Waals surface area contributed by atoms with E-state index >= 15 is 0 Å². The van der Waals surface area contributed by atoms with Crippen molar-refractivity contribution in [2.75, 3.05) is 13.1 Å². The standard InChI is InChI=1S/C22H21FN2O3/c1-24-18(12-14-6-2-3-8-17(14)21(24)27)22(28)25-11-5-7-15(13-25)16-9-4-10-19(26)20(16)23/h2-4,6,8-10,12,15,26H,5,7,11,13H2,1H3. The van der Waals surface area contributed by atoms with Crippen LogP contribution >= 0.6 is 0 Å². The summed E-state index contributed by atoms with van der Waals surface area (Å²) in [6, 6.07) is 13.5. The molecule has 0 radical (unpaired) electrons. The van der Waals surface area contributed by atoms with Gasteiger partial charge in [-0.15, -0.1) is 0 Å². The molecule has 1 aliphatic heterocycles. The first-order valence-corrected chi connectivity index (χ1v) is 9.33. The Morgan fingerprint density at radius 1 is 1.18 bits per heavy atom. The molecule has 1 unspecified atom stereocenters. The first-order valence-electron chi connectivity index (χ1n) is 9.33. The predicted molar refractivity (Wildman–Crippen MR) is 105 cm³/mol. The van der Waals surface area contributed by atoms with Gasteiger partial charge in [-0.2, -0.15) is 0 Å². The lowest BCUT2D eigenvalue weighted by Gasteiger charge is -2.33. The number of aromatic nitrogens is 1. The van der Waals surface area contributed by atoms with Gasteiger partial charge < -0.3 is 14.6 Å². The number of nitrogens with zero attached hydrogens (tertiary/aromatic N) is 2. The number of phenols is 1. The molecule has 1 aliphatic rings. The van der Waals surface area contributed by atoms with Gasteiger partial charge in [0.25, 0.3) is 11.5 Å². The van der Waals surface area contributed by atoms with E-state index in [9.17, 15) is 19.1 Å². The molecule has 28 heavy (non-hydrogen) atoms. The fourth-order valence-corrected chi connectivity index (χ4v) is 3.99. The van der Waals surface area contributed by atoms with Crippen molar-refractivity contribution in [1.29, 1.82) is 0 Å². The van der Waals surface area contributed by atoms with Crippen LogP contribution < -0.4 is 5.56 Å². The molecule has 0 saturated carbocycles. The number of rotatable bonds is 2. The average molecular weight is 380 g/mol. The van der Waals surface area contributed by atoms with Crippen LogP contribution in [-0.4, -0.2) is 33.6 Å². The third-order valence-corrected chi connectivity index (χ3v) is 5.53. The van der Waals surface area contributed by atoms with Gasteiger partial charge in [-0.3, -0.25) is 9.59 Å². The number of pyridine rings is 1. The topological polar surface area (TPSA) is 62.5 Å². The van der Waals surface area contributed by atoms with Crippen molar-refractivity contribution < 1.29 is 14.3 Å². The van der Waals surface area contributed by atoms with Crippen LogP contribution in [0.1, 0.15) is 34.8 Å². The minimum atomic E-state index is -0.625. The summed E-state index contributed by atoms with van der Waals surface area (Å²) >= 11 is 0. The third-order valence-electron chi connectivity index (χ3n) is 5.53.